The Morgan fingerprint density at radius 2 is 1.73 bits per heavy atom. The second kappa shape index (κ2) is 5.90. The Balaban J connectivity index is 1.89. The van der Waals surface area contributed by atoms with Gasteiger partial charge in [-0.25, -0.2) is 4.98 Å². The van der Waals surface area contributed by atoms with Gasteiger partial charge in [-0.15, -0.1) is 0 Å². The van der Waals surface area contributed by atoms with Crippen LogP contribution >= 0.6 is 0 Å². The van der Waals surface area contributed by atoms with Gasteiger partial charge in [-0.1, -0.05) is 55.0 Å². The van der Waals surface area contributed by atoms with Gasteiger partial charge in [-0.3, -0.25) is 0 Å². The van der Waals surface area contributed by atoms with Crippen molar-refractivity contribution in [2.45, 2.75) is 25.3 Å². The lowest BCUT2D eigenvalue weighted by Gasteiger charge is -2.25. The van der Waals surface area contributed by atoms with Gasteiger partial charge < -0.3 is 5.32 Å². The van der Waals surface area contributed by atoms with Crippen LogP contribution in [0, 0.1) is 0 Å². The number of benzene rings is 2. The van der Waals surface area contributed by atoms with Crippen LogP contribution < -0.4 is 5.32 Å². The van der Waals surface area contributed by atoms with E-state index in [1.165, 1.54) is 35.8 Å². The fraction of sp³-hybridized carbons (Fsp3) is 0.250. The van der Waals surface area contributed by atoms with E-state index in [1.807, 2.05) is 6.07 Å². The Morgan fingerprint density at radius 1 is 0.909 bits per heavy atom. The summed E-state index contributed by atoms with van der Waals surface area (Å²) in [7, 11) is 0. The molecule has 1 unspecified atom stereocenters. The summed E-state index contributed by atoms with van der Waals surface area (Å²) in [6, 6.07) is 21.7. The lowest BCUT2D eigenvalue weighted by Crippen LogP contribution is -2.27. The number of fused-ring (bicyclic) bond motifs is 1. The minimum absolute atomic E-state index is 0.448. The van der Waals surface area contributed by atoms with Gasteiger partial charge in [-0.05, 0) is 37.1 Å². The van der Waals surface area contributed by atoms with Crippen LogP contribution in [0.15, 0.2) is 60.7 Å². The molecular weight excluding hydrogens is 268 g/mol. The van der Waals surface area contributed by atoms with Crippen LogP contribution in [-0.2, 0) is 0 Å². The van der Waals surface area contributed by atoms with Crippen molar-refractivity contribution in [3.63, 3.8) is 0 Å². The standard InChI is InChI=1S/C20H20N2/c1-2-8-15(9-3-1)20-14-17(18-11-6-7-13-21-18)16-10-4-5-12-19(16)22-20/h1-5,8-10,12,14,18,21H,6-7,11,13H2. The molecule has 0 bridgehead atoms. The predicted molar refractivity (Wildman–Crippen MR) is 91.8 cm³/mol. The first-order valence-electron chi connectivity index (χ1n) is 8.10. The van der Waals surface area contributed by atoms with Gasteiger partial charge in [0.15, 0.2) is 0 Å². The van der Waals surface area contributed by atoms with E-state index in [1.54, 1.807) is 0 Å². The first-order valence-corrected chi connectivity index (χ1v) is 8.10. The molecule has 1 N–H and O–H groups in total. The molecule has 22 heavy (non-hydrogen) atoms. The maximum Gasteiger partial charge on any atom is 0.0713 e. The summed E-state index contributed by atoms with van der Waals surface area (Å²) in [4.78, 5) is 4.87. The topological polar surface area (TPSA) is 24.9 Å². The first-order chi connectivity index (χ1) is 10.9. The molecule has 0 spiro atoms. The Kier molecular flexibility index (Phi) is 3.61. The van der Waals surface area contributed by atoms with Gasteiger partial charge >= 0.3 is 0 Å². The predicted octanol–water partition coefficient (Wildman–Crippen LogP) is 4.72. The highest BCUT2D eigenvalue weighted by Gasteiger charge is 2.18. The van der Waals surface area contributed by atoms with Crippen molar-refractivity contribution >= 4 is 10.9 Å². The van der Waals surface area contributed by atoms with E-state index >= 15 is 0 Å². The molecule has 1 aromatic heterocycles. The van der Waals surface area contributed by atoms with E-state index in [0.29, 0.717) is 6.04 Å². The highest BCUT2D eigenvalue weighted by atomic mass is 14.9. The largest absolute Gasteiger partial charge is 0.310 e. The summed E-state index contributed by atoms with van der Waals surface area (Å²) in [6.07, 6.45) is 3.79. The molecule has 0 aliphatic carbocycles. The Morgan fingerprint density at radius 3 is 2.55 bits per heavy atom. The van der Waals surface area contributed by atoms with Gasteiger partial charge in [0.25, 0.3) is 0 Å². The monoisotopic (exact) mass is 288 g/mol. The van der Waals surface area contributed by atoms with Crippen LogP contribution in [-0.4, -0.2) is 11.5 Å². The quantitative estimate of drug-likeness (QED) is 0.738. The van der Waals surface area contributed by atoms with Crippen molar-refractivity contribution in [1.29, 1.82) is 0 Å². The molecule has 1 aliphatic rings. The van der Waals surface area contributed by atoms with E-state index in [9.17, 15) is 0 Å². The number of nitrogens with zero attached hydrogens (tertiary/aromatic N) is 1. The van der Waals surface area contributed by atoms with Gasteiger partial charge in [-0.2, -0.15) is 0 Å². The smallest absolute Gasteiger partial charge is 0.0713 e. The van der Waals surface area contributed by atoms with E-state index in [-0.39, 0.29) is 0 Å². The number of para-hydroxylation sites is 1. The number of hydrogen-bond donors (Lipinski definition) is 1. The van der Waals surface area contributed by atoms with Crippen molar-refractivity contribution in [3.8, 4) is 11.3 Å². The number of aromatic nitrogens is 1. The van der Waals surface area contributed by atoms with Gasteiger partial charge in [0, 0.05) is 17.0 Å². The van der Waals surface area contributed by atoms with E-state index in [4.69, 9.17) is 4.98 Å². The molecule has 0 amide bonds. The Hall–Kier alpha value is -2.19. The van der Waals surface area contributed by atoms with E-state index in [2.05, 4.69) is 59.9 Å². The second-order valence-corrected chi connectivity index (χ2v) is 5.98. The first kappa shape index (κ1) is 13.5. The molecule has 0 saturated carbocycles. The summed E-state index contributed by atoms with van der Waals surface area (Å²) in [5, 5.41) is 4.96. The van der Waals surface area contributed by atoms with Crippen LogP contribution in [0.5, 0.6) is 0 Å². The lowest BCUT2D eigenvalue weighted by atomic mass is 9.93. The highest BCUT2D eigenvalue weighted by Crippen LogP contribution is 2.32. The van der Waals surface area contributed by atoms with Gasteiger partial charge in [0.05, 0.1) is 11.2 Å². The number of piperidine rings is 1. The zero-order chi connectivity index (χ0) is 14.8. The van der Waals surface area contributed by atoms with E-state index < -0.39 is 0 Å². The fourth-order valence-corrected chi connectivity index (χ4v) is 3.36. The number of hydrogen-bond acceptors (Lipinski definition) is 2. The molecule has 3 aromatic rings. The van der Waals surface area contributed by atoms with E-state index in [0.717, 1.165) is 17.8 Å². The molecule has 110 valence electrons. The number of nitrogens with one attached hydrogen (secondary N) is 1. The van der Waals surface area contributed by atoms with Crippen molar-refractivity contribution in [2.75, 3.05) is 6.54 Å². The van der Waals surface area contributed by atoms with Crippen LogP contribution in [0.1, 0.15) is 30.9 Å². The average Bonchev–Trinajstić information content (AvgIpc) is 2.62. The molecular formula is C20H20N2. The average molecular weight is 288 g/mol. The minimum Gasteiger partial charge on any atom is -0.310 e. The van der Waals surface area contributed by atoms with Crippen molar-refractivity contribution in [1.82, 2.24) is 10.3 Å². The number of pyridine rings is 1. The van der Waals surface area contributed by atoms with Gasteiger partial charge in [0.1, 0.15) is 0 Å². The zero-order valence-electron chi connectivity index (χ0n) is 12.6. The summed E-state index contributed by atoms with van der Waals surface area (Å²) >= 11 is 0. The molecule has 1 aliphatic heterocycles. The maximum atomic E-state index is 4.87. The molecule has 1 atom stereocenters. The molecule has 1 saturated heterocycles. The summed E-state index contributed by atoms with van der Waals surface area (Å²) in [5.74, 6) is 0. The maximum absolute atomic E-state index is 4.87. The Labute approximate surface area is 131 Å². The molecule has 2 nitrogen and oxygen atoms in total. The molecule has 2 aromatic carbocycles. The third kappa shape index (κ3) is 2.51. The van der Waals surface area contributed by atoms with Crippen LogP contribution in [0.3, 0.4) is 0 Å². The summed E-state index contributed by atoms with van der Waals surface area (Å²) in [5.41, 5.74) is 4.74. The molecule has 2 heteroatoms. The Bertz CT molecular complexity index is 774. The highest BCUT2D eigenvalue weighted by molar-refractivity contribution is 5.85. The zero-order valence-corrected chi connectivity index (χ0v) is 12.6. The van der Waals surface area contributed by atoms with Crippen molar-refractivity contribution in [2.24, 2.45) is 0 Å². The van der Waals surface area contributed by atoms with Crippen LogP contribution in [0.25, 0.3) is 22.2 Å². The second-order valence-electron chi connectivity index (χ2n) is 5.98. The van der Waals surface area contributed by atoms with Crippen LogP contribution in [0.2, 0.25) is 0 Å². The third-order valence-electron chi connectivity index (χ3n) is 4.50. The van der Waals surface area contributed by atoms with Crippen molar-refractivity contribution in [3.05, 3.63) is 66.2 Å². The number of rotatable bonds is 2. The van der Waals surface area contributed by atoms with Crippen LogP contribution in [0.4, 0.5) is 0 Å². The molecule has 4 rings (SSSR count). The van der Waals surface area contributed by atoms with Crippen molar-refractivity contribution < 1.29 is 0 Å². The fourth-order valence-electron chi connectivity index (χ4n) is 3.36. The molecule has 1 fully saturated rings. The molecule has 2 heterocycles. The molecule has 0 radical (unpaired) electrons. The lowest BCUT2D eigenvalue weighted by molar-refractivity contribution is 0.414. The summed E-state index contributed by atoms with van der Waals surface area (Å²) < 4.78 is 0. The third-order valence-corrected chi connectivity index (χ3v) is 4.50. The minimum atomic E-state index is 0.448. The summed E-state index contributed by atoms with van der Waals surface area (Å²) in [6.45, 7) is 1.11. The van der Waals surface area contributed by atoms with Gasteiger partial charge in [0.2, 0.25) is 0 Å². The SMILES string of the molecule is c1ccc(-c2cc(C3CCCCN3)c3ccccc3n2)cc1. The normalized spacial score (nSPS) is 18.5.